The number of methoxy groups -OCH3 is 2. The molecule has 8 rings (SSSR count). The van der Waals surface area contributed by atoms with Crippen LogP contribution in [0.25, 0.3) is 33.6 Å². The summed E-state index contributed by atoms with van der Waals surface area (Å²) in [6.07, 6.45) is 8.85. The minimum Gasteiger partial charge on any atom is -0.494 e. The molecule has 1 aliphatic heterocycles. The molecule has 3 unspecified atom stereocenters. The van der Waals surface area contributed by atoms with Gasteiger partial charge in [0.2, 0.25) is 0 Å². The second kappa shape index (κ2) is 9.56. The second-order valence-corrected chi connectivity index (χ2v) is 12.7. The van der Waals surface area contributed by atoms with Gasteiger partial charge in [-0.1, -0.05) is 0 Å². The number of nitrogens with two attached hydrogens (primary N) is 1. The molecule has 3 aromatic heterocycles. The van der Waals surface area contributed by atoms with Gasteiger partial charge in [0.15, 0.2) is 5.82 Å². The highest BCUT2D eigenvalue weighted by molar-refractivity contribution is 6.00. The number of pyridine rings is 1. The van der Waals surface area contributed by atoms with Gasteiger partial charge in [0.25, 0.3) is 5.91 Å². The van der Waals surface area contributed by atoms with Crippen molar-refractivity contribution in [1.82, 2.24) is 24.0 Å². The molecule has 3 aliphatic carbocycles. The van der Waals surface area contributed by atoms with E-state index < -0.39 is 0 Å². The number of hydrogen-bond acceptors (Lipinski definition) is 6. The third-order valence-corrected chi connectivity index (χ3v) is 10.2. The fraction of sp³-hybridized carbons (Fsp3) is 0.531. The average Bonchev–Trinajstić information content (AvgIpc) is 3.32. The zero-order valence-corrected chi connectivity index (χ0v) is 23.8. The Balaban J connectivity index is 1.27. The maximum atomic E-state index is 13.8. The third kappa shape index (κ3) is 4.07. The van der Waals surface area contributed by atoms with Gasteiger partial charge in [-0.15, -0.1) is 0 Å². The van der Waals surface area contributed by atoms with E-state index in [2.05, 4.69) is 21.3 Å². The Hall–Kier alpha value is -3.43. The predicted octanol–water partition coefficient (Wildman–Crippen LogP) is 4.46. The normalized spacial score (nSPS) is 27.2. The van der Waals surface area contributed by atoms with E-state index in [1.54, 1.807) is 14.2 Å². The van der Waals surface area contributed by atoms with Crippen molar-refractivity contribution in [3.63, 3.8) is 0 Å². The lowest BCUT2D eigenvalue weighted by Crippen LogP contribution is -2.41. The van der Waals surface area contributed by atoms with Crippen LogP contribution in [0, 0.1) is 17.8 Å². The molecule has 1 amide bonds. The zero-order valence-electron chi connectivity index (χ0n) is 23.8. The SMILES string of the molecule is COc1cc(C(=O)N2CC3CCC2C3N)cc2nc(-c3cc4cccnc4n3CC3CC3)n(C[C@H]3C[C@H](OC)C3)c12. The van der Waals surface area contributed by atoms with Gasteiger partial charge in [-0.3, -0.25) is 4.79 Å². The van der Waals surface area contributed by atoms with Crippen molar-refractivity contribution in [3.8, 4) is 17.3 Å². The van der Waals surface area contributed by atoms with Crippen molar-refractivity contribution in [2.24, 2.45) is 23.5 Å². The van der Waals surface area contributed by atoms with Gasteiger partial charge < -0.3 is 29.2 Å². The fourth-order valence-corrected chi connectivity index (χ4v) is 7.62. The van der Waals surface area contributed by atoms with Crippen molar-refractivity contribution in [1.29, 1.82) is 0 Å². The highest BCUT2D eigenvalue weighted by Gasteiger charge is 2.47. The van der Waals surface area contributed by atoms with Gasteiger partial charge in [0.1, 0.15) is 16.9 Å². The zero-order chi connectivity index (χ0) is 27.8. The summed E-state index contributed by atoms with van der Waals surface area (Å²) in [5, 5.41) is 1.12. The van der Waals surface area contributed by atoms with Gasteiger partial charge in [0, 0.05) is 56.0 Å². The number of amides is 1. The first-order valence-electron chi connectivity index (χ1n) is 15.1. The molecule has 0 spiro atoms. The molecule has 2 N–H and O–H groups in total. The summed E-state index contributed by atoms with van der Waals surface area (Å²) in [6.45, 7) is 2.49. The molecule has 4 aromatic rings. The van der Waals surface area contributed by atoms with Crippen LogP contribution >= 0.6 is 0 Å². The lowest BCUT2D eigenvalue weighted by molar-refractivity contribution is -0.00392. The van der Waals surface area contributed by atoms with E-state index in [1.165, 1.54) is 12.8 Å². The number of rotatable bonds is 8. The van der Waals surface area contributed by atoms with Crippen LogP contribution in [0.2, 0.25) is 0 Å². The highest BCUT2D eigenvalue weighted by Crippen LogP contribution is 2.41. The van der Waals surface area contributed by atoms with Crippen molar-refractivity contribution >= 4 is 28.0 Å². The van der Waals surface area contributed by atoms with Crippen LogP contribution in [0.3, 0.4) is 0 Å². The Morgan fingerprint density at radius 3 is 2.59 bits per heavy atom. The van der Waals surface area contributed by atoms with Gasteiger partial charge in [-0.25, -0.2) is 9.97 Å². The van der Waals surface area contributed by atoms with E-state index in [4.69, 9.17) is 25.2 Å². The molecule has 4 aliphatic rings. The first-order chi connectivity index (χ1) is 20.0. The Labute approximate surface area is 239 Å². The number of likely N-dealkylation sites (tertiary alicyclic amines) is 1. The van der Waals surface area contributed by atoms with E-state index in [9.17, 15) is 4.79 Å². The molecule has 1 saturated heterocycles. The standard InChI is InChI=1S/C32H38N6O3/c1-40-23-10-19(11-23)16-38-29-24(12-22(14-27(29)41-2)32(39)37-17-21-7-8-25(37)28(21)33)35-31(38)26-13-20-4-3-9-34-30(20)36(26)15-18-5-6-18/h3-4,9,12-14,18-19,21,23,25,28H,5-8,10-11,15-17,33H2,1-2H3/t19-,21?,23-,25?,28?. The Morgan fingerprint density at radius 1 is 1.05 bits per heavy atom. The summed E-state index contributed by atoms with van der Waals surface area (Å²) >= 11 is 0. The average molecular weight is 555 g/mol. The molecule has 3 saturated carbocycles. The largest absolute Gasteiger partial charge is 0.494 e. The summed E-state index contributed by atoms with van der Waals surface area (Å²) in [7, 11) is 3.48. The minimum atomic E-state index is 0.0259. The molecule has 4 heterocycles. The Morgan fingerprint density at radius 2 is 1.88 bits per heavy atom. The summed E-state index contributed by atoms with van der Waals surface area (Å²) in [6, 6.07) is 10.4. The topological polar surface area (TPSA) is 100 Å². The van der Waals surface area contributed by atoms with E-state index >= 15 is 0 Å². The first-order valence-corrected chi connectivity index (χ1v) is 15.1. The fourth-order valence-electron chi connectivity index (χ4n) is 7.62. The van der Waals surface area contributed by atoms with Crippen LogP contribution in [-0.4, -0.2) is 68.9 Å². The second-order valence-electron chi connectivity index (χ2n) is 12.7. The Kier molecular flexibility index (Phi) is 5.90. The molecule has 41 heavy (non-hydrogen) atoms. The predicted molar refractivity (Wildman–Crippen MR) is 157 cm³/mol. The van der Waals surface area contributed by atoms with Crippen molar-refractivity contribution in [3.05, 3.63) is 42.1 Å². The van der Waals surface area contributed by atoms with E-state index in [-0.39, 0.29) is 18.0 Å². The van der Waals surface area contributed by atoms with Crippen LogP contribution in [0.5, 0.6) is 5.75 Å². The number of piperidine rings is 1. The third-order valence-electron chi connectivity index (χ3n) is 10.2. The summed E-state index contributed by atoms with van der Waals surface area (Å²) in [4.78, 5) is 25.8. The minimum absolute atomic E-state index is 0.0259. The van der Waals surface area contributed by atoms with Crippen LogP contribution in [0.1, 0.15) is 48.9 Å². The molecule has 9 nitrogen and oxygen atoms in total. The number of carbonyl (C=O) groups excluding carboxylic acids is 1. The molecule has 2 bridgehead atoms. The summed E-state index contributed by atoms with van der Waals surface area (Å²) in [5.41, 5.74) is 10.9. The Bertz CT molecular complexity index is 1650. The van der Waals surface area contributed by atoms with E-state index in [1.807, 2.05) is 29.3 Å². The molecular formula is C32H38N6O3. The molecule has 3 atom stereocenters. The van der Waals surface area contributed by atoms with Crippen LogP contribution in [0.4, 0.5) is 0 Å². The molecule has 0 radical (unpaired) electrons. The highest BCUT2D eigenvalue weighted by atomic mass is 16.5. The summed E-state index contributed by atoms with van der Waals surface area (Å²) < 4.78 is 16.3. The van der Waals surface area contributed by atoms with Crippen LogP contribution in [-0.2, 0) is 17.8 Å². The number of aromatic nitrogens is 4. The molecule has 1 aromatic carbocycles. The molecule has 4 fully saturated rings. The van der Waals surface area contributed by atoms with E-state index in [0.717, 1.165) is 78.9 Å². The molecular weight excluding hydrogens is 516 g/mol. The van der Waals surface area contributed by atoms with Gasteiger partial charge >= 0.3 is 0 Å². The number of hydrogen-bond donors (Lipinski definition) is 1. The van der Waals surface area contributed by atoms with Crippen molar-refractivity contribution in [2.75, 3.05) is 20.8 Å². The number of nitrogens with zero attached hydrogens (tertiary/aromatic N) is 5. The lowest BCUT2D eigenvalue weighted by atomic mass is 9.82. The first kappa shape index (κ1) is 25.3. The number of benzene rings is 1. The van der Waals surface area contributed by atoms with Gasteiger partial charge in [-0.2, -0.15) is 0 Å². The number of fused-ring (bicyclic) bond motifs is 4. The summed E-state index contributed by atoms with van der Waals surface area (Å²) in [5.74, 6) is 3.19. The molecule has 214 valence electrons. The van der Waals surface area contributed by atoms with Gasteiger partial charge in [-0.05, 0) is 86.6 Å². The molecule has 9 heteroatoms. The van der Waals surface area contributed by atoms with Gasteiger partial charge in [0.05, 0.1) is 24.4 Å². The smallest absolute Gasteiger partial charge is 0.254 e. The van der Waals surface area contributed by atoms with Crippen LogP contribution < -0.4 is 10.5 Å². The number of ether oxygens (including phenoxy) is 2. The maximum Gasteiger partial charge on any atom is 0.254 e. The van der Waals surface area contributed by atoms with Crippen molar-refractivity contribution in [2.45, 2.75) is 69.8 Å². The van der Waals surface area contributed by atoms with Crippen LogP contribution in [0.15, 0.2) is 36.5 Å². The number of carbonyl (C=O) groups is 1. The quantitative estimate of drug-likeness (QED) is 0.345. The van der Waals surface area contributed by atoms with Crippen molar-refractivity contribution < 1.29 is 14.3 Å². The lowest BCUT2D eigenvalue weighted by Gasteiger charge is -2.34. The van der Waals surface area contributed by atoms with E-state index in [0.29, 0.717) is 35.2 Å². The monoisotopic (exact) mass is 554 g/mol. The number of imidazole rings is 1. The maximum absolute atomic E-state index is 13.8.